The van der Waals surface area contributed by atoms with Gasteiger partial charge in [-0.1, -0.05) is 24.3 Å². The zero-order chi connectivity index (χ0) is 24.6. The van der Waals surface area contributed by atoms with Crippen LogP contribution in [-0.4, -0.2) is 71.1 Å². The summed E-state index contributed by atoms with van der Waals surface area (Å²) in [6.07, 6.45) is -4.36. The Hall–Kier alpha value is -3.60. The summed E-state index contributed by atoms with van der Waals surface area (Å²) in [5, 5.41) is 14.8. The summed E-state index contributed by atoms with van der Waals surface area (Å²) in [5.41, 5.74) is 0.211. The molecule has 0 unspecified atom stereocenters. The Kier molecular flexibility index (Phi) is 8.80. The number of carbonyl (C=O) groups is 3. The average molecular weight is 468 g/mol. The predicted molar refractivity (Wildman–Crippen MR) is 111 cm³/mol. The van der Waals surface area contributed by atoms with Gasteiger partial charge in [0.2, 0.25) is 0 Å². The van der Waals surface area contributed by atoms with Gasteiger partial charge in [0.05, 0.1) is 12.7 Å². The monoisotopic (exact) mass is 468 g/mol. The number of nitrogens with zero attached hydrogens (tertiary/aromatic N) is 2. The van der Waals surface area contributed by atoms with E-state index in [2.05, 4.69) is 0 Å². The lowest BCUT2D eigenvalue weighted by atomic mass is 10.1. The molecule has 0 radical (unpaired) electrons. The van der Waals surface area contributed by atoms with Gasteiger partial charge >= 0.3 is 18.1 Å². The zero-order valence-electron chi connectivity index (χ0n) is 17.7. The summed E-state index contributed by atoms with van der Waals surface area (Å²) in [6.45, 7) is 2.23. The summed E-state index contributed by atoms with van der Waals surface area (Å²) >= 11 is 0. The largest absolute Gasteiger partial charge is 0.497 e. The quantitative estimate of drug-likeness (QED) is 0.665. The molecular formula is C22H23F3N2O6. The molecule has 1 saturated heterocycles. The Balaban J connectivity index is 0.000000569. The van der Waals surface area contributed by atoms with E-state index in [1.54, 1.807) is 42.3 Å². The van der Waals surface area contributed by atoms with Gasteiger partial charge in [0.15, 0.2) is 0 Å². The highest BCUT2D eigenvalue weighted by atomic mass is 19.4. The van der Waals surface area contributed by atoms with Crippen molar-refractivity contribution in [3.8, 4) is 5.75 Å². The fraction of sp³-hybridized carbons (Fsp3) is 0.318. The number of carboxylic acid groups (broad SMARTS) is 2. The molecule has 8 nitrogen and oxygen atoms in total. The molecule has 0 aliphatic carbocycles. The van der Waals surface area contributed by atoms with Gasteiger partial charge in [-0.25, -0.2) is 9.59 Å². The highest BCUT2D eigenvalue weighted by molar-refractivity contribution is 6.27. The molecule has 2 aromatic carbocycles. The molecule has 1 heterocycles. The number of aliphatic carboxylic acids is 2. The van der Waals surface area contributed by atoms with Crippen molar-refractivity contribution in [3.63, 3.8) is 0 Å². The van der Waals surface area contributed by atoms with Gasteiger partial charge in [-0.3, -0.25) is 9.69 Å². The maximum atomic E-state index is 13.1. The van der Waals surface area contributed by atoms with Crippen molar-refractivity contribution >= 4 is 17.8 Å². The predicted octanol–water partition coefficient (Wildman–Crippen LogP) is 2.83. The number of hydrogen-bond acceptors (Lipinski definition) is 5. The van der Waals surface area contributed by atoms with Crippen molar-refractivity contribution in [2.24, 2.45) is 0 Å². The van der Waals surface area contributed by atoms with Crippen LogP contribution in [0.4, 0.5) is 13.2 Å². The number of ether oxygens (including phenoxy) is 1. The lowest BCUT2D eigenvalue weighted by molar-refractivity contribution is -0.159. The zero-order valence-corrected chi connectivity index (χ0v) is 17.7. The summed E-state index contributed by atoms with van der Waals surface area (Å²) in [4.78, 5) is 34.5. The topological polar surface area (TPSA) is 107 Å². The Morgan fingerprint density at radius 1 is 0.939 bits per heavy atom. The van der Waals surface area contributed by atoms with E-state index in [9.17, 15) is 18.0 Å². The average Bonchev–Trinajstić information content (AvgIpc) is 2.79. The van der Waals surface area contributed by atoms with Crippen LogP contribution in [0.15, 0.2) is 48.5 Å². The fourth-order valence-electron chi connectivity index (χ4n) is 3.22. The van der Waals surface area contributed by atoms with Crippen molar-refractivity contribution in [1.29, 1.82) is 0 Å². The van der Waals surface area contributed by atoms with E-state index in [-0.39, 0.29) is 18.0 Å². The first kappa shape index (κ1) is 25.7. The number of hydrogen-bond donors (Lipinski definition) is 2. The molecule has 0 atom stereocenters. The maximum Gasteiger partial charge on any atom is 0.416 e. The maximum absolute atomic E-state index is 13.1. The minimum Gasteiger partial charge on any atom is -0.497 e. The molecule has 2 N–H and O–H groups in total. The number of methoxy groups -OCH3 is 1. The number of alkyl halides is 3. The second-order valence-electron chi connectivity index (χ2n) is 7.07. The molecule has 0 spiro atoms. The molecule has 0 saturated carbocycles. The molecule has 1 fully saturated rings. The van der Waals surface area contributed by atoms with Crippen LogP contribution in [0.25, 0.3) is 0 Å². The molecule has 3 rings (SSSR count). The van der Waals surface area contributed by atoms with Crippen LogP contribution < -0.4 is 4.74 Å². The van der Waals surface area contributed by atoms with Gasteiger partial charge in [-0.05, 0) is 29.8 Å². The van der Waals surface area contributed by atoms with Gasteiger partial charge in [0.25, 0.3) is 5.91 Å². The first-order valence-electron chi connectivity index (χ1n) is 9.80. The summed E-state index contributed by atoms with van der Waals surface area (Å²) in [6, 6.07) is 12.6. The number of amides is 1. The second-order valence-corrected chi connectivity index (χ2v) is 7.07. The lowest BCUT2D eigenvalue weighted by Crippen LogP contribution is -2.48. The number of benzene rings is 2. The first-order chi connectivity index (χ1) is 15.5. The van der Waals surface area contributed by atoms with E-state index in [0.717, 1.165) is 6.07 Å². The van der Waals surface area contributed by atoms with Crippen LogP contribution in [0.5, 0.6) is 5.75 Å². The number of carbonyl (C=O) groups excluding carboxylic acids is 1. The highest BCUT2D eigenvalue weighted by Crippen LogP contribution is 2.32. The van der Waals surface area contributed by atoms with Crippen LogP contribution in [-0.2, 0) is 22.3 Å². The van der Waals surface area contributed by atoms with E-state index in [0.29, 0.717) is 37.5 Å². The molecule has 2 aromatic rings. The normalized spacial score (nSPS) is 14.1. The summed E-state index contributed by atoms with van der Waals surface area (Å²) in [5.74, 6) is -3.13. The summed E-state index contributed by atoms with van der Waals surface area (Å²) < 4.78 is 44.6. The van der Waals surface area contributed by atoms with E-state index in [1.165, 1.54) is 12.1 Å². The third-order valence-electron chi connectivity index (χ3n) is 4.88. The third kappa shape index (κ3) is 7.49. The van der Waals surface area contributed by atoms with E-state index in [4.69, 9.17) is 24.5 Å². The van der Waals surface area contributed by atoms with Crippen molar-refractivity contribution in [2.45, 2.75) is 12.7 Å². The highest BCUT2D eigenvalue weighted by Gasteiger charge is 2.33. The molecule has 11 heteroatoms. The van der Waals surface area contributed by atoms with Crippen molar-refractivity contribution < 1.29 is 42.5 Å². The van der Waals surface area contributed by atoms with Crippen LogP contribution >= 0.6 is 0 Å². The van der Waals surface area contributed by atoms with Gasteiger partial charge in [-0.2, -0.15) is 13.2 Å². The molecule has 0 aromatic heterocycles. The molecule has 178 valence electrons. The number of carboxylic acids is 2. The number of halogens is 3. The lowest BCUT2D eigenvalue weighted by Gasteiger charge is -2.35. The van der Waals surface area contributed by atoms with Crippen LogP contribution in [0.3, 0.4) is 0 Å². The standard InChI is InChI=1S/C20H21F3N2O2.C2H2O4/c1-27-17-7-4-6-15(13-17)19(26)25-11-9-24(10-12-25)14-16-5-2-3-8-18(16)20(21,22)23;3-1(4)2(5)6/h2-8,13H,9-12,14H2,1H3;(H,3,4)(H,5,6). The molecule has 33 heavy (non-hydrogen) atoms. The van der Waals surface area contributed by atoms with E-state index < -0.39 is 23.7 Å². The van der Waals surface area contributed by atoms with Gasteiger partial charge in [0, 0.05) is 38.3 Å². The first-order valence-corrected chi connectivity index (χ1v) is 9.80. The molecule has 0 bridgehead atoms. The molecule has 1 amide bonds. The number of piperazine rings is 1. The van der Waals surface area contributed by atoms with E-state index >= 15 is 0 Å². The molecule has 1 aliphatic heterocycles. The van der Waals surface area contributed by atoms with Crippen molar-refractivity contribution in [3.05, 3.63) is 65.2 Å². The van der Waals surface area contributed by atoms with Crippen LogP contribution in [0.1, 0.15) is 21.5 Å². The van der Waals surface area contributed by atoms with Crippen molar-refractivity contribution in [2.75, 3.05) is 33.3 Å². The van der Waals surface area contributed by atoms with Crippen molar-refractivity contribution in [1.82, 2.24) is 9.80 Å². The second kappa shape index (κ2) is 11.3. The number of rotatable bonds is 4. The Labute approximate surface area is 187 Å². The fourth-order valence-corrected chi connectivity index (χ4v) is 3.22. The molecule has 1 aliphatic rings. The van der Waals surface area contributed by atoms with Crippen LogP contribution in [0.2, 0.25) is 0 Å². The smallest absolute Gasteiger partial charge is 0.416 e. The Morgan fingerprint density at radius 2 is 1.55 bits per heavy atom. The summed E-state index contributed by atoms with van der Waals surface area (Å²) in [7, 11) is 1.54. The van der Waals surface area contributed by atoms with Gasteiger partial charge in [0.1, 0.15) is 5.75 Å². The third-order valence-corrected chi connectivity index (χ3v) is 4.88. The minimum atomic E-state index is -4.36. The Bertz CT molecular complexity index is 976. The van der Waals surface area contributed by atoms with E-state index in [1.807, 2.05) is 4.90 Å². The molecular weight excluding hydrogens is 445 g/mol. The SMILES string of the molecule is COc1cccc(C(=O)N2CCN(Cc3ccccc3C(F)(F)F)CC2)c1.O=C(O)C(=O)O. The minimum absolute atomic E-state index is 0.0933. The van der Waals surface area contributed by atoms with Crippen LogP contribution in [0, 0.1) is 0 Å². The van der Waals surface area contributed by atoms with Gasteiger partial charge in [-0.15, -0.1) is 0 Å². The Morgan fingerprint density at radius 3 is 2.09 bits per heavy atom. The van der Waals surface area contributed by atoms with Gasteiger partial charge < -0.3 is 19.8 Å².